The Morgan fingerprint density at radius 3 is 2.33 bits per heavy atom. The molecular weight excluding hydrogens is 257 g/mol. The molecule has 0 aliphatic rings. The summed E-state index contributed by atoms with van der Waals surface area (Å²) in [5, 5.41) is -2.75. The minimum absolute atomic E-state index is 0.516. The Labute approximate surface area is 88.1 Å². The van der Waals surface area contributed by atoms with Crippen LogP contribution in [0, 0.1) is 0 Å². The first-order valence-corrected chi connectivity index (χ1v) is 5.97. The largest absolute Gasteiger partial charge is 0.412 e. The van der Waals surface area contributed by atoms with Crippen LogP contribution in [0.2, 0.25) is 0 Å². The zero-order valence-corrected chi connectivity index (χ0v) is 8.94. The minimum atomic E-state index is -4.96. The summed E-state index contributed by atoms with van der Waals surface area (Å²) in [6, 6.07) is 0. The van der Waals surface area contributed by atoms with E-state index in [9.17, 15) is 21.6 Å². The SMILES string of the molecule is Cn1cncc1C(C(F)(F)F)S(=O)(=O)Cl. The van der Waals surface area contributed by atoms with E-state index in [4.69, 9.17) is 10.7 Å². The molecule has 9 heteroatoms. The van der Waals surface area contributed by atoms with Gasteiger partial charge >= 0.3 is 6.18 Å². The third-order valence-electron chi connectivity index (χ3n) is 1.70. The van der Waals surface area contributed by atoms with Crippen LogP contribution < -0.4 is 0 Å². The molecule has 1 aromatic heterocycles. The van der Waals surface area contributed by atoms with Gasteiger partial charge in [-0.1, -0.05) is 0 Å². The van der Waals surface area contributed by atoms with E-state index in [0.717, 1.165) is 17.1 Å². The lowest BCUT2D eigenvalue weighted by atomic mass is 10.3. The number of rotatable bonds is 2. The summed E-state index contributed by atoms with van der Waals surface area (Å²) in [5.74, 6) is 0. The number of aryl methyl sites for hydroxylation is 1. The van der Waals surface area contributed by atoms with Gasteiger partial charge in [0, 0.05) is 23.9 Å². The van der Waals surface area contributed by atoms with E-state index in [-0.39, 0.29) is 0 Å². The maximum atomic E-state index is 12.5. The monoisotopic (exact) mass is 262 g/mol. The highest BCUT2D eigenvalue weighted by Gasteiger charge is 2.50. The lowest BCUT2D eigenvalue weighted by molar-refractivity contribution is -0.132. The molecule has 0 amide bonds. The first kappa shape index (κ1) is 12.3. The Bertz CT molecular complexity index is 453. The van der Waals surface area contributed by atoms with Crippen molar-refractivity contribution >= 4 is 19.7 Å². The second-order valence-corrected chi connectivity index (χ2v) is 5.54. The van der Waals surface area contributed by atoms with Crippen molar-refractivity contribution in [2.45, 2.75) is 11.4 Å². The van der Waals surface area contributed by atoms with Gasteiger partial charge in [-0.2, -0.15) is 13.2 Å². The van der Waals surface area contributed by atoms with Crippen LogP contribution >= 0.6 is 10.7 Å². The van der Waals surface area contributed by atoms with Crippen LogP contribution in [0.5, 0.6) is 0 Å². The second-order valence-electron chi connectivity index (χ2n) is 2.83. The summed E-state index contributed by atoms with van der Waals surface area (Å²) >= 11 is 0. The number of imidazole rings is 1. The Morgan fingerprint density at radius 1 is 1.53 bits per heavy atom. The summed E-state index contributed by atoms with van der Waals surface area (Å²) in [5.41, 5.74) is -0.516. The van der Waals surface area contributed by atoms with Gasteiger partial charge in [-0.05, 0) is 0 Å². The van der Waals surface area contributed by atoms with Crippen molar-refractivity contribution < 1.29 is 21.6 Å². The van der Waals surface area contributed by atoms with Crippen LogP contribution in [0.1, 0.15) is 10.9 Å². The highest BCUT2D eigenvalue weighted by atomic mass is 35.7. The molecule has 0 fully saturated rings. The number of hydrogen-bond acceptors (Lipinski definition) is 3. The van der Waals surface area contributed by atoms with E-state index in [2.05, 4.69) is 4.98 Å². The Balaban J connectivity index is 3.33. The molecule has 0 aliphatic heterocycles. The molecule has 1 aromatic rings. The fraction of sp³-hybridized carbons (Fsp3) is 0.500. The van der Waals surface area contributed by atoms with Crippen LogP contribution in [0.3, 0.4) is 0 Å². The quantitative estimate of drug-likeness (QED) is 0.761. The highest BCUT2D eigenvalue weighted by molar-refractivity contribution is 8.14. The maximum absolute atomic E-state index is 12.5. The van der Waals surface area contributed by atoms with Crippen LogP contribution in [0.15, 0.2) is 12.5 Å². The number of nitrogens with zero attached hydrogens (tertiary/aromatic N) is 2. The molecule has 0 bridgehead atoms. The maximum Gasteiger partial charge on any atom is 0.412 e. The molecule has 1 rings (SSSR count). The van der Waals surface area contributed by atoms with E-state index >= 15 is 0 Å². The normalized spacial score (nSPS) is 15.3. The molecule has 86 valence electrons. The highest BCUT2D eigenvalue weighted by Crippen LogP contribution is 2.40. The van der Waals surface area contributed by atoms with Gasteiger partial charge in [-0.3, -0.25) is 0 Å². The van der Waals surface area contributed by atoms with Crippen molar-refractivity contribution in [3.63, 3.8) is 0 Å². The first-order chi connectivity index (χ1) is 6.64. The van der Waals surface area contributed by atoms with Gasteiger partial charge < -0.3 is 4.57 Å². The topological polar surface area (TPSA) is 52.0 Å². The molecule has 1 unspecified atom stereocenters. The lowest BCUT2D eigenvalue weighted by Gasteiger charge is -2.17. The molecule has 0 aliphatic carbocycles. The molecule has 15 heavy (non-hydrogen) atoms. The predicted molar refractivity (Wildman–Crippen MR) is 46.8 cm³/mol. The van der Waals surface area contributed by atoms with Crippen molar-refractivity contribution in [3.8, 4) is 0 Å². The van der Waals surface area contributed by atoms with Crippen LogP contribution in [0.4, 0.5) is 13.2 Å². The van der Waals surface area contributed by atoms with Gasteiger partial charge in [0.05, 0.1) is 12.0 Å². The summed E-state index contributed by atoms with van der Waals surface area (Å²) in [7, 11) is 1.23. The average molecular weight is 263 g/mol. The summed E-state index contributed by atoms with van der Waals surface area (Å²) in [6.45, 7) is 0. The van der Waals surface area contributed by atoms with Crippen molar-refractivity contribution in [2.24, 2.45) is 7.05 Å². The van der Waals surface area contributed by atoms with Crippen molar-refractivity contribution in [3.05, 3.63) is 18.2 Å². The van der Waals surface area contributed by atoms with Crippen LogP contribution in [-0.2, 0) is 16.1 Å². The van der Waals surface area contributed by atoms with E-state index in [1.165, 1.54) is 7.05 Å². The number of alkyl halides is 3. The molecule has 1 heterocycles. The van der Waals surface area contributed by atoms with Gasteiger partial charge in [-0.25, -0.2) is 13.4 Å². The standard InChI is InChI=1S/C6H6ClF3N2O2S/c1-12-3-11-2-4(12)5(6(8,9)10)15(7,13)14/h2-3,5H,1H3. The Kier molecular flexibility index (Phi) is 3.01. The number of aromatic nitrogens is 2. The van der Waals surface area contributed by atoms with E-state index < -0.39 is 26.2 Å². The molecule has 0 saturated heterocycles. The first-order valence-electron chi connectivity index (χ1n) is 3.60. The predicted octanol–water partition coefficient (Wildman–Crippen LogP) is 1.59. The molecule has 0 aromatic carbocycles. The summed E-state index contributed by atoms with van der Waals surface area (Å²) in [4.78, 5) is 3.41. The molecule has 0 N–H and O–H groups in total. The average Bonchev–Trinajstić information content (AvgIpc) is 2.30. The minimum Gasteiger partial charge on any atom is -0.336 e. The molecule has 0 saturated carbocycles. The van der Waals surface area contributed by atoms with Crippen molar-refractivity contribution in [2.75, 3.05) is 0 Å². The van der Waals surface area contributed by atoms with Crippen LogP contribution in [-0.4, -0.2) is 24.1 Å². The number of hydrogen-bond donors (Lipinski definition) is 0. The zero-order valence-electron chi connectivity index (χ0n) is 7.36. The van der Waals surface area contributed by atoms with E-state index in [1.807, 2.05) is 0 Å². The van der Waals surface area contributed by atoms with Gasteiger partial charge in [0.2, 0.25) is 14.3 Å². The Hall–Kier alpha value is -0.760. The summed E-state index contributed by atoms with van der Waals surface area (Å²) in [6.07, 6.45) is -3.08. The zero-order chi connectivity index (χ0) is 11.9. The van der Waals surface area contributed by atoms with Crippen LogP contribution in [0.25, 0.3) is 0 Å². The summed E-state index contributed by atoms with van der Waals surface area (Å²) < 4.78 is 60.0. The number of halogens is 4. The molecule has 4 nitrogen and oxygen atoms in total. The fourth-order valence-corrected chi connectivity index (χ4v) is 2.50. The molecule has 0 radical (unpaired) electrons. The van der Waals surface area contributed by atoms with E-state index in [0.29, 0.717) is 0 Å². The molecule has 1 atom stereocenters. The van der Waals surface area contributed by atoms with Crippen molar-refractivity contribution in [1.29, 1.82) is 0 Å². The Morgan fingerprint density at radius 2 is 2.07 bits per heavy atom. The smallest absolute Gasteiger partial charge is 0.336 e. The molecular formula is C6H6ClF3N2O2S. The fourth-order valence-electron chi connectivity index (χ4n) is 1.09. The van der Waals surface area contributed by atoms with Gasteiger partial charge in [0.25, 0.3) is 0 Å². The second kappa shape index (κ2) is 3.67. The van der Waals surface area contributed by atoms with Gasteiger partial charge in [-0.15, -0.1) is 0 Å². The van der Waals surface area contributed by atoms with Gasteiger partial charge in [0.1, 0.15) is 0 Å². The molecule has 0 spiro atoms. The lowest BCUT2D eigenvalue weighted by Crippen LogP contribution is -2.27. The third-order valence-corrected chi connectivity index (χ3v) is 3.31. The van der Waals surface area contributed by atoms with Crippen molar-refractivity contribution in [1.82, 2.24) is 9.55 Å². The van der Waals surface area contributed by atoms with Gasteiger partial charge in [0.15, 0.2) is 0 Å². The third kappa shape index (κ3) is 2.63. The van der Waals surface area contributed by atoms with E-state index in [1.54, 1.807) is 0 Å².